The van der Waals surface area contributed by atoms with Crippen LogP contribution >= 0.6 is 0 Å². The number of halogens is 1. The average molecular weight is 499 g/mol. The Morgan fingerprint density at radius 1 is 1.29 bits per heavy atom. The van der Waals surface area contributed by atoms with Crippen molar-refractivity contribution in [1.82, 2.24) is 15.1 Å². The highest BCUT2D eigenvalue weighted by Gasteiger charge is 2.54. The molecule has 1 fully saturated rings. The van der Waals surface area contributed by atoms with E-state index in [0.717, 1.165) is 12.8 Å². The average Bonchev–Trinajstić information content (AvgIpc) is 3.50. The highest BCUT2D eigenvalue weighted by Crippen LogP contribution is 2.45. The van der Waals surface area contributed by atoms with Gasteiger partial charge in [0.1, 0.15) is 10.6 Å². The number of methoxy groups -OCH3 is 1. The van der Waals surface area contributed by atoms with Crippen LogP contribution in [0.4, 0.5) is 4.39 Å². The fourth-order valence-corrected chi connectivity index (χ4v) is 8.02. The van der Waals surface area contributed by atoms with E-state index in [-0.39, 0.29) is 11.8 Å². The van der Waals surface area contributed by atoms with E-state index in [0.29, 0.717) is 40.6 Å². The molecule has 4 atom stereocenters. The maximum absolute atomic E-state index is 15.2. The lowest BCUT2D eigenvalue weighted by Gasteiger charge is -2.42. The molecule has 0 amide bonds. The number of nitrogens with zero attached hydrogens (tertiary/aromatic N) is 5. The molecule has 184 valence electrons. The molecule has 0 bridgehead atoms. The molecule has 5 rings (SSSR count). The quantitative estimate of drug-likeness (QED) is 0.582. The predicted molar refractivity (Wildman–Crippen MR) is 131 cm³/mol. The third-order valence-corrected chi connectivity index (χ3v) is 10.4. The van der Waals surface area contributed by atoms with Crippen LogP contribution in [0.2, 0.25) is 0 Å². The largest absolute Gasteiger partial charge is 0.494 e. The first-order chi connectivity index (χ1) is 16.7. The number of hydrogen-bond acceptors (Lipinski definition) is 9. The molecule has 0 radical (unpaired) electrons. The number of aromatic nitrogens is 3. The van der Waals surface area contributed by atoms with Gasteiger partial charge in [0.25, 0.3) is 0 Å². The fraction of sp³-hybridized carbons (Fsp3) is 0.417. The number of rotatable bonds is 4. The summed E-state index contributed by atoms with van der Waals surface area (Å²) in [5, 5.41) is 4.05. The van der Waals surface area contributed by atoms with Crippen molar-refractivity contribution in [2.75, 3.05) is 19.9 Å². The molecule has 1 spiro atoms. The smallest absolute Gasteiger partial charge is 0.181 e. The van der Waals surface area contributed by atoms with Crippen molar-refractivity contribution in [3.05, 3.63) is 48.0 Å². The Hall–Kier alpha value is -3.18. The molecule has 1 aromatic carbocycles. The van der Waals surface area contributed by atoms with Gasteiger partial charge in [-0.1, -0.05) is 5.16 Å². The Morgan fingerprint density at radius 3 is 2.71 bits per heavy atom. The molecule has 2 aliphatic rings. The zero-order valence-corrected chi connectivity index (χ0v) is 20.6. The molecule has 1 saturated carbocycles. The van der Waals surface area contributed by atoms with Crippen molar-refractivity contribution in [3.63, 3.8) is 0 Å². The van der Waals surface area contributed by atoms with Crippen LogP contribution in [0.3, 0.4) is 0 Å². The van der Waals surface area contributed by atoms with Gasteiger partial charge in [-0.15, -0.1) is 0 Å². The molecule has 35 heavy (non-hydrogen) atoms. The van der Waals surface area contributed by atoms with Crippen molar-refractivity contribution in [1.29, 1.82) is 0 Å². The summed E-state index contributed by atoms with van der Waals surface area (Å²) < 4.78 is 43.4. The molecule has 9 nitrogen and oxygen atoms in total. The summed E-state index contributed by atoms with van der Waals surface area (Å²) in [5.41, 5.74) is 6.64. The van der Waals surface area contributed by atoms with Gasteiger partial charge < -0.3 is 15.0 Å². The zero-order valence-electron chi connectivity index (χ0n) is 19.8. The standard InChI is InChI=1S/C24H27FN6O3S/c1-23(14-35(32,27-2)24(13-30-23)8-4-5-21(24)26)17-9-15(6-7-18(17)25)20-10-19(31-34-20)22-28-11-16(33-3)12-29-22/h6-7,9-13,21H,4-5,8,14,26H2,1-3H3/t21?,23-,24?,35+/m0/s1. The third-order valence-electron chi connectivity index (χ3n) is 7.08. The fourth-order valence-electron chi connectivity index (χ4n) is 5.01. The van der Waals surface area contributed by atoms with E-state index >= 15 is 4.39 Å². The van der Waals surface area contributed by atoms with Gasteiger partial charge in [0.15, 0.2) is 23.0 Å². The normalized spacial score (nSPS) is 30.0. The first-order valence-corrected chi connectivity index (χ1v) is 13.0. The summed E-state index contributed by atoms with van der Waals surface area (Å²) in [7, 11) is 0.303. The molecule has 1 aliphatic heterocycles. The van der Waals surface area contributed by atoms with Crippen molar-refractivity contribution in [3.8, 4) is 28.6 Å². The Bertz CT molecular complexity index is 1410. The summed E-state index contributed by atoms with van der Waals surface area (Å²) >= 11 is 0. The van der Waals surface area contributed by atoms with E-state index in [1.807, 2.05) is 0 Å². The lowest BCUT2D eigenvalue weighted by molar-refractivity contribution is 0.410. The number of hydrogen-bond donors (Lipinski definition) is 1. The van der Waals surface area contributed by atoms with Crippen LogP contribution in [0.15, 0.2) is 50.5 Å². The van der Waals surface area contributed by atoms with Gasteiger partial charge in [-0.3, -0.25) is 4.99 Å². The maximum Gasteiger partial charge on any atom is 0.181 e. The van der Waals surface area contributed by atoms with E-state index < -0.39 is 25.8 Å². The molecule has 2 aromatic heterocycles. The van der Waals surface area contributed by atoms with Gasteiger partial charge in [-0.05, 0) is 44.4 Å². The van der Waals surface area contributed by atoms with Gasteiger partial charge in [-0.2, -0.15) is 0 Å². The Kier molecular flexibility index (Phi) is 5.71. The van der Waals surface area contributed by atoms with Gasteiger partial charge >= 0.3 is 0 Å². The van der Waals surface area contributed by atoms with Gasteiger partial charge in [-0.25, -0.2) is 22.9 Å². The molecule has 1 aliphatic carbocycles. The van der Waals surface area contributed by atoms with Crippen molar-refractivity contribution in [2.45, 2.75) is 42.5 Å². The van der Waals surface area contributed by atoms with Crippen molar-refractivity contribution < 1.29 is 17.9 Å². The van der Waals surface area contributed by atoms with Crippen LogP contribution in [-0.4, -0.2) is 56.2 Å². The monoisotopic (exact) mass is 498 g/mol. The molecule has 2 unspecified atom stereocenters. The van der Waals surface area contributed by atoms with Crippen LogP contribution in [0.5, 0.6) is 5.75 Å². The summed E-state index contributed by atoms with van der Waals surface area (Å²) in [6.07, 6.45) is 7.07. The van der Waals surface area contributed by atoms with Crippen molar-refractivity contribution in [2.24, 2.45) is 15.1 Å². The van der Waals surface area contributed by atoms with Gasteiger partial charge in [0, 0.05) is 36.5 Å². The second-order valence-corrected chi connectivity index (χ2v) is 11.9. The second kappa shape index (κ2) is 8.49. The Morgan fingerprint density at radius 2 is 2.06 bits per heavy atom. The number of nitrogens with two attached hydrogens (primary N) is 1. The van der Waals surface area contributed by atoms with Crippen LogP contribution in [0, 0.1) is 5.82 Å². The second-order valence-electron chi connectivity index (χ2n) is 9.17. The van der Waals surface area contributed by atoms with Gasteiger partial charge in [0.05, 0.1) is 40.5 Å². The highest BCUT2D eigenvalue weighted by molar-refractivity contribution is 7.95. The number of ether oxygens (including phenoxy) is 1. The van der Waals surface area contributed by atoms with Crippen LogP contribution in [0.1, 0.15) is 31.7 Å². The maximum atomic E-state index is 15.2. The molecular weight excluding hydrogens is 471 g/mol. The van der Waals surface area contributed by atoms with E-state index in [4.69, 9.17) is 20.0 Å². The minimum absolute atomic E-state index is 0.0857. The number of benzene rings is 1. The summed E-state index contributed by atoms with van der Waals surface area (Å²) in [5.74, 6) is 0.949. The first-order valence-electron chi connectivity index (χ1n) is 11.3. The minimum atomic E-state index is -2.78. The Balaban J connectivity index is 1.52. The molecule has 3 heterocycles. The van der Waals surface area contributed by atoms with Crippen LogP contribution in [0.25, 0.3) is 22.8 Å². The molecule has 0 saturated heterocycles. The summed E-state index contributed by atoms with van der Waals surface area (Å²) in [6, 6.07) is 6.02. The van der Waals surface area contributed by atoms with E-state index in [1.165, 1.54) is 25.6 Å². The minimum Gasteiger partial charge on any atom is -0.494 e. The van der Waals surface area contributed by atoms with E-state index in [2.05, 4.69) is 19.5 Å². The van der Waals surface area contributed by atoms with Gasteiger partial charge in [0.2, 0.25) is 0 Å². The zero-order chi connectivity index (χ0) is 24.8. The summed E-state index contributed by atoms with van der Waals surface area (Å²) in [4.78, 5) is 13.2. The SMILES string of the molecule is CN=[S@@]1(=O)C[C@@](C)(c2cc(-c3cc(-c4ncc(OC)cn4)no3)ccc2F)N=CC12CCCC2N. The van der Waals surface area contributed by atoms with Crippen molar-refractivity contribution >= 4 is 15.9 Å². The highest BCUT2D eigenvalue weighted by atomic mass is 32.2. The van der Waals surface area contributed by atoms with Crippen LogP contribution < -0.4 is 10.5 Å². The lowest BCUT2D eigenvalue weighted by Crippen LogP contribution is -2.57. The van der Waals surface area contributed by atoms with E-state index in [9.17, 15) is 4.21 Å². The topological polar surface area (TPSA) is 129 Å². The van der Waals surface area contributed by atoms with E-state index in [1.54, 1.807) is 38.4 Å². The molecule has 11 heteroatoms. The predicted octanol–water partition coefficient (Wildman–Crippen LogP) is 3.59. The number of aliphatic imine (C=N–C) groups is 1. The lowest BCUT2D eigenvalue weighted by atomic mass is 9.91. The summed E-state index contributed by atoms with van der Waals surface area (Å²) in [6.45, 7) is 1.78. The third kappa shape index (κ3) is 3.73. The first kappa shape index (κ1) is 23.6. The molecule has 2 N–H and O–H groups in total. The molecule has 3 aromatic rings. The Labute approximate surface area is 203 Å². The van der Waals surface area contributed by atoms with Crippen LogP contribution in [-0.2, 0) is 15.3 Å². The molecular formula is C24H27FN6O3S.